The van der Waals surface area contributed by atoms with Crippen LogP contribution in [0.2, 0.25) is 0 Å². The molecule has 0 amide bonds. The van der Waals surface area contributed by atoms with Crippen molar-refractivity contribution in [2.24, 2.45) is 0 Å². The molecule has 0 unspecified atom stereocenters. The van der Waals surface area contributed by atoms with Gasteiger partial charge in [-0.05, 0) is 12.8 Å². The van der Waals surface area contributed by atoms with Crippen LogP contribution in [0.15, 0.2) is 0 Å². The minimum atomic E-state index is -3.60. The normalized spacial score (nSPS) is 24.8. The predicted octanol–water partition coefficient (Wildman–Crippen LogP) is -0.441. The third-order valence-electron chi connectivity index (χ3n) is 3.67. The van der Waals surface area contributed by atoms with E-state index in [9.17, 15) is 13.2 Å². The first-order valence-corrected chi connectivity index (χ1v) is 8.13. The Labute approximate surface area is 113 Å². The van der Waals surface area contributed by atoms with Crippen LogP contribution in [0.3, 0.4) is 0 Å². The van der Waals surface area contributed by atoms with Crippen LogP contribution in [0.4, 0.5) is 0 Å². The molecule has 0 aromatic heterocycles. The molecule has 1 saturated heterocycles. The maximum Gasteiger partial charge on any atom is 0.294 e. The molecule has 0 bridgehead atoms. The van der Waals surface area contributed by atoms with Gasteiger partial charge in [-0.1, -0.05) is 6.42 Å². The molecule has 110 valence electrons. The fourth-order valence-corrected chi connectivity index (χ4v) is 4.16. The molecule has 2 rings (SSSR count). The zero-order chi connectivity index (χ0) is 13.8. The van der Waals surface area contributed by atoms with Gasteiger partial charge in [0.05, 0.1) is 0 Å². The van der Waals surface area contributed by atoms with E-state index in [2.05, 4.69) is 10.0 Å². The molecule has 1 aliphatic carbocycles. The molecule has 19 heavy (non-hydrogen) atoms. The summed E-state index contributed by atoms with van der Waals surface area (Å²) in [5.74, 6) is 0. The number of ether oxygens (including phenoxy) is 1. The standard InChI is InChI=1S/C11H21N3O4S/c15-10-18-11(4-2-1-3-5-11)13-19(16,17)14-8-6-12-7-9-14/h10,12-13H,1-9H2. The van der Waals surface area contributed by atoms with Crippen molar-refractivity contribution in [1.29, 1.82) is 0 Å². The molecule has 0 aromatic rings. The van der Waals surface area contributed by atoms with Crippen LogP contribution in [-0.4, -0.2) is 51.1 Å². The minimum absolute atomic E-state index is 0.339. The first-order chi connectivity index (χ1) is 9.08. The summed E-state index contributed by atoms with van der Waals surface area (Å²) in [6.45, 7) is 2.50. The van der Waals surface area contributed by atoms with Crippen molar-refractivity contribution < 1.29 is 17.9 Å². The number of piperazine rings is 1. The van der Waals surface area contributed by atoms with Gasteiger partial charge in [0.25, 0.3) is 16.7 Å². The Morgan fingerprint density at radius 3 is 2.37 bits per heavy atom. The molecule has 7 nitrogen and oxygen atoms in total. The highest BCUT2D eigenvalue weighted by Gasteiger charge is 2.40. The maximum atomic E-state index is 12.3. The van der Waals surface area contributed by atoms with Gasteiger partial charge in [-0.15, -0.1) is 0 Å². The number of carbonyl (C=O) groups is 1. The van der Waals surface area contributed by atoms with Crippen molar-refractivity contribution in [3.63, 3.8) is 0 Å². The van der Waals surface area contributed by atoms with E-state index in [1.807, 2.05) is 0 Å². The fourth-order valence-electron chi connectivity index (χ4n) is 2.64. The average Bonchev–Trinajstić information content (AvgIpc) is 2.40. The Morgan fingerprint density at radius 1 is 1.16 bits per heavy atom. The number of rotatable bonds is 5. The first-order valence-electron chi connectivity index (χ1n) is 6.69. The minimum Gasteiger partial charge on any atom is -0.445 e. The van der Waals surface area contributed by atoms with E-state index in [0.29, 0.717) is 45.5 Å². The van der Waals surface area contributed by atoms with Crippen LogP contribution in [-0.2, 0) is 19.7 Å². The SMILES string of the molecule is O=COC1(NS(=O)(=O)N2CCNCC2)CCCCC1. The molecule has 0 radical (unpaired) electrons. The Balaban J connectivity index is 2.08. The highest BCUT2D eigenvalue weighted by molar-refractivity contribution is 7.87. The van der Waals surface area contributed by atoms with Gasteiger partial charge in [0, 0.05) is 39.0 Å². The third-order valence-corrected chi connectivity index (χ3v) is 5.34. The van der Waals surface area contributed by atoms with E-state index in [0.717, 1.165) is 19.3 Å². The van der Waals surface area contributed by atoms with E-state index in [-0.39, 0.29) is 0 Å². The monoisotopic (exact) mass is 291 g/mol. The molecule has 2 fully saturated rings. The Morgan fingerprint density at radius 2 is 1.79 bits per heavy atom. The lowest BCUT2D eigenvalue weighted by molar-refractivity contribution is -0.148. The van der Waals surface area contributed by atoms with Crippen LogP contribution in [0.25, 0.3) is 0 Å². The Hall–Kier alpha value is -0.700. The molecular formula is C11H21N3O4S. The second-order valence-electron chi connectivity index (χ2n) is 5.03. The second kappa shape index (κ2) is 6.17. The van der Waals surface area contributed by atoms with E-state index < -0.39 is 15.9 Å². The van der Waals surface area contributed by atoms with Crippen molar-refractivity contribution in [2.45, 2.75) is 37.8 Å². The van der Waals surface area contributed by atoms with Crippen LogP contribution in [0.1, 0.15) is 32.1 Å². The second-order valence-corrected chi connectivity index (χ2v) is 6.70. The van der Waals surface area contributed by atoms with Crippen LogP contribution >= 0.6 is 0 Å². The topological polar surface area (TPSA) is 87.7 Å². The lowest BCUT2D eigenvalue weighted by Gasteiger charge is -2.38. The highest BCUT2D eigenvalue weighted by Crippen LogP contribution is 2.29. The van der Waals surface area contributed by atoms with E-state index in [1.165, 1.54) is 4.31 Å². The number of nitrogens with one attached hydrogen (secondary N) is 2. The number of hydrogen-bond donors (Lipinski definition) is 2. The molecular weight excluding hydrogens is 270 g/mol. The average molecular weight is 291 g/mol. The van der Waals surface area contributed by atoms with Crippen LogP contribution in [0, 0.1) is 0 Å². The quantitative estimate of drug-likeness (QED) is 0.529. The third kappa shape index (κ3) is 3.65. The van der Waals surface area contributed by atoms with Gasteiger partial charge in [-0.2, -0.15) is 17.4 Å². The number of carbonyl (C=O) groups excluding carboxylic acids is 1. The van der Waals surface area contributed by atoms with Crippen molar-refractivity contribution >= 4 is 16.7 Å². The molecule has 0 aromatic carbocycles. The Kier molecular flexibility index (Phi) is 4.77. The van der Waals surface area contributed by atoms with Gasteiger partial charge < -0.3 is 10.1 Å². The van der Waals surface area contributed by atoms with Crippen molar-refractivity contribution in [2.75, 3.05) is 26.2 Å². The van der Waals surface area contributed by atoms with Crippen molar-refractivity contribution in [3.8, 4) is 0 Å². The summed E-state index contributed by atoms with van der Waals surface area (Å²) in [6, 6.07) is 0. The summed E-state index contributed by atoms with van der Waals surface area (Å²) in [5, 5.41) is 3.10. The Bertz CT molecular complexity index is 400. The summed E-state index contributed by atoms with van der Waals surface area (Å²) in [5.41, 5.74) is -1.05. The van der Waals surface area contributed by atoms with Gasteiger partial charge >= 0.3 is 0 Å². The molecule has 1 aliphatic heterocycles. The summed E-state index contributed by atoms with van der Waals surface area (Å²) in [4.78, 5) is 10.7. The molecule has 8 heteroatoms. The summed E-state index contributed by atoms with van der Waals surface area (Å²) in [6.07, 6.45) is 3.84. The van der Waals surface area contributed by atoms with Gasteiger partial charge in [0.1, 0.15) is 0 Å². The van der Waals surface area contributed by atoms with E-state index >= 15 is 0 Å². The molecule has 1 saturated carbocycles. The van der Waals surface area contributed by atoms with E-state index in [1.54, 1.807) is 0 Å². The molecule has 0 spiro atoms. The molecule has 2 N–H and O–H groups in total. The number of hydrogen-bond acceptors (Lipinski definition) is 5. The van der Waals surface area contributed by atoms with Gasteiger partial charge in [-0.3, -0.25) is 4.79 Å². The highest BCUT2D eigenvalue weighted by atomic mass is 32.2. The van der Waals surface area contributed by atoms with Crippen molar-refractivity contribution in [3.05, 3.63) is 0 Å². The molecule has 2 aliphatic rings. The van der Waals surface area contributed by atoms with E-state index in [4.69, 9.17) is 4.74 Å². The maximum absolute atomic E-state index is 12.3. The van der Waals surface area contributed by atoms with Gasteiger partial charge in [0.2, 0.25) is 0 Å². The lowest BCUT2D eigenvalue weighted by Crippen LogP contribution is -2.58. The molecule has 0 atom stereocenters. The van der Waals surface area contributed by atoms with Crippen molar-refractivity contribution in [1.82, 2.24) is 14.3 Å². The summed E-state index contributed by atoms with van der Waals surface area (Å²) < 4.78 is 33.7. The van der Waals surface area contributed by atoms with Crippen LogP contribution in [0.5, 0.6) is 0 Å². The predicted molar refractivity (Wildman–Crippen MR) is 69.5 cm³/mol. The number of nitrogens with zero attached hydrogens (tertiary/aromatic N) is 1. The lowest BCUT2D eigenvalue weighted by atomic mass is 9.92. The fraction of sp³-hybridized carbons (Fsp3) is 0.909. The summed E-state index contributed by atoms with van der Waals surface area (Å²) in [7, 11) is -3.60. The van der Waals surface area contributed by atoms with Gasteiger partial charge in [0.15, 0.2) is 5.72 Å². The van der Waals surface area contributed by atoms with Gasteiger partial charge in [-0.25, -0.2) is 0 Å². The van der Waals surface area contributed by atoms with Crippen LogP contribution < -0.4 is 10.0 Å². The largest absolute Gasteiger partial charge is 0.445 e. The zero-order valence-corrected chi connectivity index (χ0v) is 11.7. The first kappa shape index (κ1) is 14.7. The molecule has 1 heterocycles. The zero-order valence-electron chi connectivity index (χ0n) is 10.9. The summed E-state index contributed by atoms with van der Waals surface area (Å²) >= 11 is 0. The smallest absolute Gasteiger partial charge is 0.294 e.